The van der Waals surface area contributed by atoms with E-state index in [1.807, 2.05) is 45.3 Å². The number of nitrogens with zero attached hydrogens (tertiary/aromatic N) is 3. The summed E-state index contributed by atoms with van der Waals surface area (Å²) in [7, 11) is 3.66. The maximum atomic E-state index is 4.21. The fourth-order valence-electron chi connectivity index (χ4n) is 3.70. The molecule has 0 saturated carbocycles. The van der Waals surface area contributed by atoms with Gasteiger partial charge in [-0.2, -0.15) is 0 Å². The molecule has 0 amide bonds. The lowest BCUT2D eigenvalue weighted by atomic mass is 10.1. The molecule has 2 heterocycles. The van der Waals surface area contributed by atoms with Gasteiger partial charge in [0.2, 0.25) is 0 Å². The van der Waals surface area contributed by atoms with Crippen molar-refractivity contribution >= 4 is 39.5 Å². The van der Waals surface area contributed by atoms with Gasteiger partial charge in [-0.25, -0.2) is 4.98 Å². The summed E-state index contributed by atoms with van der Waals surface area (Å²) < 4.78 is 0. The Morgan fingerprint density at radius 3 is 2.40 bits per heavy atom. The Kier molecular flexibility index (Phi) is 12.9. The second kappa shape index (κ2) is 15.9. The highest BCUT2D eigenvalue weighted by Gasteiger charge is 2.11. The Balaban J connectivity index is 0.000000195. The van der Waals surface area contributed by atoms with Crippen LogP contribution in [0.25, 0.3) is 16.8 Å². The molecule has 35 heavy (non-hydrogen) atoms. The van der Waals surface area contributed by atoms with Gasteiger partial charge < -0.3 is 5.32 Å². The zero-order valence-corrected chi connectivity index (χ0v) is 22.7. The molecule has 1 saturated heterocycles. The Morgan fingerprint density at radius 2 is 1.80 bits per heavy atom. The van der Waals surface area contributed by atoms with Crippen LogP contribution < -0.4 is 5.32 Å². The van der Waals surface area contributed by atoms with E-state index >= 15 is 0 Å². The topological polar surface area (TPSA) is 40.5 Å². The number of rotatable bonds is 5. The lowest BCUT2D eigenvalue weighted by Gasteiger charge is -2.14. The molecule has 2 aromatic carbocycles. The van der Waals surface area contributed by atoms with Gasteiger partial charge in [0, 0.05) is 32.2 Å². The highest BCUT2D eigenvalue weighted by molar-refractivity contribution is 8.17. The van der Waals surface area contributed by atoms with Crippen LogP contribution in [0.3, 0.4) is 0 Å². The monoisotopic (exact) mass is 488 g/mol. The van der Waals surface area contributed by atoms with Crippen LogP contribution in [-0.4, -0.2) is 42.1 Å². The van der Waals surface area contributed by atoms with Crippen molar-refractivity contribution in [1.29, 1.82) is 0 Å². The van der Waals surface area contributed by atoms with Gasteiger partial charge >= 0.3 is 0 Å². The minimum absolute atomic E-state index is 0.911. The molecule has 0 atom stereocenters. The van der Waals surface area contributed by atoms with Gasteiger partial charge in [0.05, 0.1) is 5.04 Å². The Morgan fingerprint density at radius 1 is 1.09 bits per heavy atom. The van der Waals surface area contributed by atoms with Crippen LogP contribution in [0.5, 0.6) is 0 Å². The summed E-state index contributed by atoms with van der Waals surface area (Å²) in [5, 5.41) is 6.47. The number of anilines is 1. The van der Waals surface area contributed by atoms with E-state index in [9.17, 15) is 0 Å². The number of benzene rings is 2. The number of aliphatic imine (C=N–C) groups is 1. The molecule has 3 aromatic rings. The number of thioether (sulfide) groups is 1. The van der Waals surface area contributed by atoms with Gasteiger partial charge in [0.25, 0.3) is 0 Å². The number of pyridine rings is 1. The number of hydrogen-bond donors (Lipinski definition) is 1. The highest BCUT2D eigenvalue weighted by atomic mass is 32.2. The van der Waals surface area contributed by atoms with E-state index in [4.69, 9.17) is 0 Å². The largest absolute Gasteiger partial charge is 0.373 e. The Hall–Kier alpha value is -2.89. The van der Waals surface area contributed by atoms with Gasteiger partial charge in [0.15, 0.2) is 0 Å². The van der Waals surface area contributed by atoms with E-state index in [0.29, 0.717) is 0 Å². The fourth-order valence-corrected chi connectivity index (χ4v) is 4.30. The SMILES string of the molecule is C/C=C/c1cccc(CN2CCCC2)c1.C=C(C)SC(C)=NC.CNc1cc2ccccc2cn1. The first-order valence-corrected chi connectivity index (χ1v) is 13.0. The first-order chi connectivity index (χ1) is 16.9. The molecule has 186 valence electrons. The van der Waals surface area contributed by atoms with Crippen LogP contribution in [0.15, 0.2) is 83.3 Å². The molecule has 0 spiro atoms. The summed E-state index contributed by atoms with van der Waals surface area (Å²) in [5.74, 6) is 0.911. The average Bonchev–Trinajstić information content (AvgIpc) is 3.37. The number of fused-ring (bicyclic) bond motifs is 1. The second-order valence-electron chi connectivity index (χ2n) is 8.44. The van der Waals surface area contributed by atoms with Crippen molar-refractivity contribution in [3.05, 3.63) is 89.5 Å². The fraction of sp³-hybridized carbons (Fsp3) is 0.333. The second-order valence-corrected chi connectivity index (χ2v) is 9.93. The molecule has 4 rings (SSSR count). The normalized spacial score (nSPS) is 13.7. The Bertz CT molecular complexity index is 1110. The average molecular weight is 489 g/mol. The van der Waals surface area contributed by atoms with Crippen LogP contribution >= 0.6 is 11.8 Å². The molecule has 1 aliphatic rings. The minimum atomic E-state index is 0.911. The summed E-state index contributed by atoms with van der Waals surface area (Å²) in [6.07, 6.45) is 8.87. The summed E-state index contributed by atoms with van der Waals surface area (Å²) in [4.78, 5) is 11.8. The van der Waals surface area contributed by atoms with Crippen molar-refractivity contribution in [3.8, 4) is 0 Å². The quantitative estimate of drug-likeness (QED) is 0.293. The predicted octanol–water partition coefficient (Wildman–Crippen LogP) is 7.89. The first kappa shape index (κ1) is 28.3. The van der Waals surface area contributed by atoms with Crippen LogP contribution in [0.2, 0.25) is 0 Å². The molecule has 0 aliphatic carbocycles. The first-order valence-electron chi connectivity index (χ1n) is 12.2. The van der Waals surface area contributed by atoms with E-state index < -0.39 is 0 Å². The highest BCUT2D eigenvalue weighted by Crippen LogP contribution is 2.16. The Labute approximate surface area is 216 Å². The van der Waals surface area contributed by atoms with Crippen LogP contribution in [-0.2, 0) is 6.54 Å². The zero-order valence-electron chi connectivity index (χ0n) is 21.9. The maximum Gasteiger partial charge on any atom is 0.126 e. The van der Waals surface area contributed by atoms with Crippen molar-refractivity contribution in [2.24, 2.45) is 4.99 Å². The van der Waals surface area contributed by atoms with Crippen molar-refractivity contribution in [2.75, 3.05) is 32.5 Å². The third kappa shape index (κ3) is 10.9. The number of likely N-dealkylation sites (tertiary alicyclic amines) is 1. The zero-order chi connectivity index (χ0) is 25.5. The van der Waals surface area contributed by atoms with Gasteiger partial charge in [-0.3, -0.25) is 9.89 Å². The molecule has 0 radical (unpaired) electrons. The lowest BCUT2D eigenvalue weighted by Crippen LogP contribution is -2.18. The van der Waals surface area contributed by atoms with Crippen LogP contribution in [0.4, 0.5) is 5.82 Å². The number of allylic oxidation sites excluding steroid dienone is 2. The summed E-state index contributed by atoms with van der Waals surface area (Å²) in [6.45, 7) is 13.4. The summed E-state index contributed by atoms with van der Waals surface area (Å²) >= 11 is 1.61. The smallest absolute Gasteiger partial charge is 0.126 e. The molecule has 1 aliphatic heterocycles. The molecule has 1 fully saturated rings. The van der Waals surface area contributed by atoms with Crippen molar-refractivity contribution in [1.82, 2.24) is 9.88 Å². The molecule has 1 aromatic heterocycles. The van der Waals surface area contributed by atoms with Gasteiger partial charge in [-0.15, -0.1) is 0 Å². The molecule has 5 heteroatoms. The summed E-state index contributed by atoms with van der Waals surface area (Å²) in [5.41, 5.74) is 2.75. The van der Waals surface area contributed by atoms with Crippen molar-refractivity contribution in [2.45, 2.75) is 40.2 Å². The van der Waals surface area contributed by atoms with Gasteiger partial charge in [-0.05, 0) is 74.2 Å². The van der Waals surface area contributed by atoms with E-state index in [2.05, 4.69) is 82.2 Å². The van der Waals surface area contributed by atoms with Crippen molar-refractivity contribution in [3.63, 3.8) is 0 Å². The molecular formula is C30H40N4S. The van der Waals surface area contributed by atoms with Crippen molar-refractivity contribution < 1.29 is 0 Å². The molecule has 4 nitrogen and oxygen atoms in total. The summed E-state index contributed by atoms with van der Waals surface area (Å²) in [6, 6.07) is 19.1. The maximum absolute atomic E-state index is 4.21. The van der Waals surface area contributed by atoms with Crippen LogP contribution in [0, 0.1) is 0 Å². The number of aromatic nitrogens is 1. The number of hydrogen-bond acceptors (Lipinski definition) is 5. The molecular weight excluding hydrogens is 448 g/mol. The van der Waals surface area contributed by atoms with E-state index in [1.165, 1.54) is 47.8 Å². The minimum Gasteiger partial charge on any atom is -0.373 e. The molecule has 0 unspecified atom stereocenters. The predicted molar refractivity (Wildman–Crippen MR) is 158 cm³/mol. The van der Waals surface area contributed by atoms with Gasteiger partial charge in [-0.1, -0.05) is 79.0 Å². The van der Waals surface area contributed by atoms with Crippen LogP contribution in [0.1, 0.15) is 44.7 Å². The molecule has 0 bridgehead atoms. The molecule has 1 N–H and O–H groups in total. The third-order valence-corrected chi connectivity index (χ3v) is 6.27. The standard InChI is InChI=1S/C14H19N.C10H10N2.C6H11NS/c1-2-6-13-7-5-8-14(11-13)12-15-9-3-4-10-15;1-11-10-6-8-4-2-3-5-9(8)7-12-10;1-5(2)8-6(3)7-4/h2,5-8,11H,3-4,9-10,12H2,1H3;2-7H,1H3,(H,11,12);1H2,2-4H3/b6-2+;;. The van der Waals surface area contributed by atoms with E-state index in [1.54, 1.807) is 18.8 Å². The van der Waals surface area contributed by atoms with E-state index in [0.717, 1.165) is 22.3 Å². The van der Waals surface area contributed by atoms with E-state index in [-0.39, 0.29) is 0 Å². The lowest BCUT2D eigenvalue weighted by molar-refractivity contribution is 0.331. The van der Waals surface area contributed by atoms with Gasteiger partial charge in [0.1, 0.15) is 5.82 Å². The third-order valence-electron chi connectivity index (χ3n) is 5.44. The number of nitrogens with one attached hydrogen (secondary N) is 1.